The number of aromatic amines is 1. The second kappa shape index (κ2) is 13.1. The van der Waals surface area contributed by atoms with Crippen molar-refractivity contribution in [3.63, 3.8) is 0 Å². The van der Waals surface area contributed by atoms with Crippen LogP contribution >= 0.6 is 0 Å². The van der Waals surface area contributed by atoms with Crippen LogP contribution in [0.5, 0.6) is 0 Å². The maximum atomic E-state index is 15.0. The third-order valence-electron chi connectivity index (χ3n) is 7.77. The molecule has 3 rings (SSSR count). The normalized spacial score (nSPS) is 19.2. The molecule has 0 spiro atoms. The van der Waals surface area contributed by atoms with Gasteiger partial charge in [0.2, 0.25) is 0 Å². The van der Waals surface area contributed by atoms with Gasteiger partial charge in [-0.2, -0.15) is 0 Å². The second-order valence-corrected chi connectivity index (χ2v) is 12.3. The lowest BCUT2D eigenvalue weighted by Gasteiger charge is -2.47. The van der Waals surface area contributed by atoms with E-state index in [4.69, 9.17) is 4.74 Å². The van der Waals surface area contributed by atoms with Crippen molar-refractivity contribution in [2.24, 2.45) is 0 Å². The summed E-state index contributed by atoms with van der Waals surface area (Å²) in [6.07, 6.45) is 2.65. The summed E-state index contributed by atoms with van der Waals surface area (Å²) >= 11 is 0. The third kappa shape index (κ3) is 7.68. The number of aryl methyl sites for hydroxylation is 2. The van der Waals surface area contributed by atoms with Gasteiger partial charge in [0.1, 0.15) is 11.4 Å². The lowest BCUT2D eigenvalue weighted by molar-refractivity contribution is -0.00252. The summed E-state index contributed by atoms with van der Waals surface area (Å²) in [5, 5.41) is 2.85. The quantitative estimate of drug-likeness (QED) is 0.405. The van der Waals surface area contributed by atoms with Gasteiger partial charge < -0.3 is 24.8 Å². The molecule has 2 aromatic rings. The van der Waals surface area contributed by atoms with Gasteiger partial charge in [-0.1, -0.05) is 13.3 Å². The number of benzene rings is 1. The smallest absolute Gasteiger partial charge is 0.410 e. The molecule has 41 heavy (non-hydrogen) atoms. The van der Waals surface area contributed by atoms with Crippen LogP contribution in [-0.4, -0.2) is 52.2 Å². The Morgan fingerprint density at radius 1 is 1.12 bits per heavy atom. The van der Waals surface area contributed by atoms with Gasteiger partial charge in [-0.3, -0.25) is 9.59 Å². The highest BCUT2D eigenvalue weighted by atomic mass is 19.1. The van der Waals surface area contributed by atoms with Crippen molar-refractivity contribution < 1.29 is 18.7 Å². The highest BCUT2D eigenvalue weighted by molar-refractivity contribution is 5.97. The van der Waals surface area contributed by atoms with E-state index in [9.17, 15) is 14.4 Å². The lowest BCUT2D eigenvalue weighted by atomic mass is 9.90. The fourth-order valence-corrected chi connectivity index (χ4v) is 6.03. The number of rotatable bonds is 8. The number of pyridine rings is 1. The van der Waals surface area contributed by atoms with Crippen LogP contribution in [0.2, 0.25) is 0 Å². The molecule has 1 aromatic carbocycles. The first-order valence-electron chi connectivity index (χ1n) is 14.7. The van der Waals surface area contributed by atoms with Gasteiger partial charge in [-0.25, -0.2) is 9.18 Å². The van der Waals surface area contributed by atoms with E-state index in [-0.39, 0.29) is 41.9 Å². The number of hydrogen-bond donors (Lipinski definition) is 2. The Kier molecular flexibility index (Phi) is 10.3. The van der Waals surface area contributed by atoms with Crippen molar-refractivity contribution in [2.75, 3.05) is 11.4 Å². The summed E-state index contributed by atoms with van der Waals surface area (Å²) in [6.45, 7) is 18.0. The minimum absolute atomic E-state index is 0.0443. The highest BCUT2D eigenvalue weighted by Crippen LogP contribution is 2.34. The Bertz CT molecular complexity index is 1300. The molecule has 2 N–H and O–H groups in total. The largest absolute Gasteiger partial charge is 0.444 e. The van der Waals surface area contributed by atoms with Crippen molar-refractivity contribution in [3.8, 4) is 0 Å². The average Bonchev–Trinajstić information content (AvgIpc) is 2.84. The summed E-state index contributed by atoms with van der Waals surface area (Å²) in [6, 6.07) is 4.57. The molecule has 0 radical (unpaired) electrons. The van der Waals surface area contributed by atoms with Crippen molar-refractivity contribution in [3.05, 3.63) is 62.3 Å². The molecule has 1 aliphatic heterocycles. The zero-order chi connectivity index (χ0) is 30.6. The number of piperidine rings is 1. The molecule has 0 aliphatic carbocycles. The van der Waals surface area contributed by atoms with Gasteiger partial charge in [-0.05, 0) is 104 Å². The van der Waals surface area contributed by atoms with Crippen LogP contribution in [0.1, 0.15) is 100 Å². The van der Waals surface area contributed by atoms with Crippen LogP contribution in [0.15, 0.2) is 23.0 Å². The molecule has 8 nitrogen and oxygen atoms in total. The lowest BCUT2D eigenvalue weighted by Crippen LogP contribution is -2.56. The molecule has 0 unspecified atom stereocenters. The number of nitrogens with one attached hydrogen (secondary N) is 2. The van der Waals surface area contributed by atoms with Gasteiger partial charge in [0, 0.05) is 53.7 Å². The number of nitrogens with zero attached hydrogens (tertiary/aromatic N) is 2. The highest BCUT2D eigenvalue weighted by Gasteiger charge is 2.38. The molecule has 1 aliphatic rings. The molecule has 2 amide bonds. The van der Waals surface area contributed by atoms with E-state index < -0.39 is 17.3 Å². The first-order valence-corrected chi connectivity index (χ1v) is 14.7. The number of H-pyrrole nitrogens is 1. The van der Waals surface area contributed by atoms with Crippen LogP contribution in [0, 0.1) is 19.7 Å². The number of aromatic nitrogens is 1. The zero-order valence-electron chi connectivity index (χ0n) is 26.1. The molecule has 9 heteroatoms. The molecule has 1 fully saturated rings. The topological polar surface area (TPSA) is 94.7 Å². The number of hydrogen-bond acceptors (Lipinski definition) is 5. The number of carbonyl (C=O) groups excluding carboxylic acids is 2. The summed E-state index contributed by atoms with van der Waals surface area (Å²) in [7, 11) is 0. The Balaban J connectivity index is 1.84. The maximum Gasteiger partial charge on any atom is 0.410 e. The number of ether oxygens (including phenoxy) is 1. The SMILES string of the molecule is CCCc1cc(C)[nH]c(=O)c1CNC(=O)c1cc(F)cc(N(CC)C2C[C@@H](C)N(C(=O)OC(C)(C)C)[C@H](C)C2)c1C. The summed E-state index contributed by atoms with van der Waals surface area (Å²) in [4.78, 5) is 45.6. The number of halogens is 1. The monoisotopic (exact) mass is 570 g/mol. The van der Waals surface area contributed by atoms with Crippen LogP contribution in [0.4, 0.5) is 14.9 Å². The first kappa shape index (κ1) is 32.2. The fourth-order valence-electron chi connectivity index (χ4n) is 6.03. The van der Waals surface area contributed by atoms with E-state index in [1.165, 1.54) is 12.1 Å². The molecule has 0 saturated carbocycles. The van der Waals surface area contributed by atoms with Crippen LogP contribution in [-0.2, 0) is 17.7 Å². The average molecular weight is 571 g/mol. The fraction of sp³-hybridized carbons (Fsp3) is 0.594. The van der Waals surface area contributed by atoms with E-state index in [2.05, 4.69) is 15.2 Å². The zero-order valence-corrected chi connectivity index (χ0v) is 26.1. The van der Waals surface area contributed by atoms with Gasteiger partial charge in [-0.15, -0.1) is 0 Å². The van der Waals surface area contributed by atoms with Crippen LogP contribution < -0.4 is 15.8 Å². The van der Waals surface area contributed by atoms with Gasteiger partial charge in [0.15, 0.2) is 0 Å². The maximum absolute atomic E-state index is 15.0. The van der Waals surface area contributed by atoms with Crippen molar-refractivity contribution >= 4 is 17.7 Å². The van der Waals surface area contributed by atoms with E-state index in [1.54, 1.807) is 4.90 Å². The Morgan fingerprint density at radius 2 is 1.76 bits per heavy atom. The predicted octanol–water partition coefficient (Wildman–Crippen LogP) is 6.02. The summed E-state index contributed by atoms with van der Waals surface area (Å²) < 4.78 is 20.7. The standard InChI is InChI=1S/C32H47FN4O4/c1-10-12-23-13-19(3)35-30(39)27(23)18-34-29(38)26-16-24(33)17-28(22(26)6)36(11-2)25-14-20(4)37(21(5)15-25)31(40)41-32(7,8)9/h13,16-17,20-21,25H,10-12,14-15,18H2,1-9H3,(H,34,38)(H,35,39)/t20-,21-/m1/s1. The molecular weight excluding hydrogens is 523 g/mol. The van der Waals surface area contributed by atoms with E-state index in [0.717, 1.165) is 24.1 Å². The number of carbonyl (C=O) groups is 2. The molecule has 2 heterocycles. The Hall–Kier alpha value is -3.36. The van der Waals surface area contributed by atoms with Crippen molar-refractivity contribution in [2.45, 2.75) is 118 Å². The van der Waals surface area contributed by atoms with E-state index in [0.29, 0.717) is 36.2 Å². The van der Waals surface area contributed by atoms with E-state index in [1.807, 2.05) is 68.4 Å². The van der Waals surface area contributed by atoms with Crippen LogP contribution in [0.25, 0.3) is 0 Å². The molecule has 1 aromatic heterocycles. The Labute approximate surface area is 243 Å². The molecule has 226 valence electrons. The predicted molar refractivity (Wildman–Crippen MR) is 161 cm³/mol. The second-order valence-electron chi connectivity index (χ2n) is 12.3. The van der Waals surface area contributed by atoms with Gasteiger partial charge in [0.25, 0.3) is 11.5 Å². The summed E-state index contributed by atoms with van der Waals surface area (Å²) in [5.41, 5.74) is 2.98. The van der Waals surface area contributed by atoms with Crippen molar-refractivity contribution in [1.29, 1.82) is 0 Å². The van der Waals surface area contributed by atoms with Gasteiger partial charge in [0.05, 0.1) is 0 Å². The minimum Gasteiger partial charge on any atom is -0.444 e. The van der Waals surface area contributed by atoms with Gasteiger partial charge >= 0.3 is 6.09 Å². The molecule has 1 saturated heterocycles. The van der Waals surface area contributed by atoms with Crippen molar-refractivity contribution in [1.82, 2.24) is 15.2 Å². The number of amides is 2. The number of anilines is 1. The molecule has 0 bridgehead atoms. The third-order valence-corrected chi connectivity index (χ3v) is 7.77. The minimum atomic E-state index is -0.580. The first-order chi connectivity index (χ1) is 19.2. The number of likely N-dealkylation sites (tertiary alicyclic amines) is 1. The molecular formula is C32H47FN4O4. The molecule has 2 atom stereocenters. The summed E-state index contributed by atoms with van der Waals surface area (Å²) in [5.74, 6) is -0.926. The van der Waals surface area contributed by atoms with E-state index >= 15 is 4.39 Å². The van der Waals surface area contributed by atoms with Crippen LogP contribution in [0.3, 0.4) is 0 Å². The Morgan fingerprint density at radius 3 is 2.32 bits per heavy atom.